The van der Waals surface area contributed by atoms with Gasteiger partial charge in [-0.05, 0) is 19.9 Å². The maximum absolute atomic E-state index is 11.7. The Morgan fingerprint density at radius 1 is 1.22 bits per heavy atom. The Morgan fingerprint density at radius 2 is 1.83 bits per heavy atom. The number of hydrogen-bond donors (Lipinski definition) is 0. The summed E-state index contributed by atoms with van der Waals surface area (Å²) in [5.74, 6) is -0.345. The average Bonchev–Trinajstić information content (AvgIpc) is 2.29. The molecule has 18 heavy (non-hydrogen) atoms. The van der Waals surface area contributed by atoms with E-state index in [2.05, 4.69) is 6.92 Å². The number of hydrogen-bond acceptors (Lipinski definition) is 4. The van der Waals surface area contributed by atoms with Gasteiger partial charge < -0.3 is 9.64 Å². The first kappa shape index (κ1) is 16.9. The summed E-state index contributed by atoms with van der Waals surface area (Å²) in [4.78, 5) is 26.8. The van der Waals surface area contributed by atoms with E-state index in [1.54, 1.807) is 25.9 Å². The van der Waals surface area contributed by atoms with Crippen LogP contribution in [0.5, 0.6) is 0 Å². The van der Waals surface area contributed by atoms with Crippen LogP contribution in [0.15, 0.2) is 0 Å². The predicted molar refractivity (Wildman–Crippen MR) is 71.2 cm³/mol. The minimum atomic E-state index is -0.202. The van der Waals surface area contributed by atoms with Gasteiger partial charge in [-0.15, -0.1) is 0 Å². The Kier molecular flexibility index (Phi) is 8.37. The Labute approximate surface area is 110 Å². The van der Waals surface area contributed by atoms with Crippen molar-refractivity contribution in [2.24, 2.45) is 5.92 Å². The van der Waals surface area contributed by atoms with E-state index in [0.717, 1.165) is 13.0 Å². The minimum Gasteiger partial charge on any atom is -0.466 e. The molecule has 0 aliphatic carbocycles. The lowest BCUT2D eigenvalue weighted by Gasteiger charge is -2.25. The molecule has 5 heteroatoms. The molecule has 0 rings (SSSR count). The molecule has 1 amide bonds. The molecule has 0 N–H and O–H groups in total. The molecule has 0 bridgehead atoms. The Morgan fingerprint density at radius 3 is 2.28 bits per heavy atom. The first-order valence-electron chi connectivity index (χ1n) is 6.51. The van der Waals surface area contributed by atoms with Crippen molar-refractivity contribution in [2.45, 2.75) is 27.2 Å². The van der Waals surface area contributed by atoms with Gasteiger partial charge >= 0.3 is 5.97 Å². The fraction of sp³-hybridized carbons (Fsp3) is 0.846. The zero-order chi connectivity index (χ0) is 14.1. The third kappa shape index (κ3) is 6.59. The molecule has 0 heterocycles. The van der Waals surface area contributed by atoms with Crippen molar-refractivity contribution in [2.75, 3.05) is 40.3 Å². The second-order valence-corrected chi connectivity index (χ2v) is 4.68. The number of carbonyl (C=O) groups is 2. The van der Waals surface area contributed by atoms with E-state index in [1.807, 2.05) is 11.8 Å². The van der Waals surface area contributed by atoms with Crippen molar-refractivity contribution in [1.29, 1.82) is 0 Å². The van der Waals surface area contributed by atoms with Crippen molar-refractivity contribution < 1.29 is 14.3 Å². The zero-order valence-corrected chi connectivity index (χ0v) is 12.2. The molecule has 0 aromatic rings. The summed E-state index contributed by atoms with van der Waals surface area (Å²) in [6, 6.07) is 0. The second kappa shape index (κ2) is 8.91. The number of ether oxygens (including phenoxy) is 1. The predicted octanol–water partition coefficient (Wildman–Crippen LogP) is 0.986. The quantitative estimate of drug-likeness (QED) is 0.609. The SMILES string of the molecule is CCCN(CC(=O)N(C)C)CC(C)C(=O)OCC. The third-order valence-electron chi connectivity index (χ3n) is 2.62. The van der Waals surface area contributed by atoms with Crippen LogP contribution in [0.2, 0.25) is 0 Å². The average molecular weight is 258 g/mol. The van der Waals surface area contributed by atoms with E-state index in [0.29, 0.717) is 19.7 Å². The second-order valence-electron chi connectivity index (χ2n) is 4.68. The van der Waals surface area contributed by atoms with Gasteiger partial charge in [0.25, 0.3) is 0 Å². The van der Waals surface area contributed by atoms with Gasteiger partial charge in [-0.25, -0.2) is 0 Å². The highest BCUT2D eigenvalue weighted by Crippen LogP contribution is 2.04. The van der Waals surface area contributed by atoms with Crippen molar-refractivity contribution in [3.8, 4) is 0 Å². The molecule has 106 valence electrons. The van der Waals surface area contributed by atoms with E-state index in [1.165, 1.54) is 0 Å². The number of likely N-dealkylation sites (N-methyl/N-ethyl adjacent to an activating group) is 1. The van der Waals surface area contributed by atoms with E-state index in [-0.39, 0.29) is 17.8 Å². The van der Waals surface area contributed by atoms with Crippen LogP contribution in [-0.2, 0) is 14.3 Å². The monoisotopic (exact) mass is 258 g/mol. The molecular formula is C13H26N2O3. The molecule has 0 fully saturated rings. The summed E-state index contributed by atoms with van der Waals surface area (Å²) in [5, 5.41) is 0. The molecule has 0 aliphatic heterocycles. The lowest BCUT2D eigenvalue weighted by Crippen LogP contribution is -2.40. The molecule has 0 saturated carbocycles. The first-order chi connectivity index (χ1) is 8.42. The van der Waals surface area contributed by atoms with Gasteiger partial charge in [-0.1, -0.05) is 13.8 Å². The highest BCUT2D eigenvalue weighted by Gasteiger charge is 2.19. The first-order valence-corrected chi connectivity index (χ1v) is 6.51. The summed E-state index contributed by atoms with van der Waals surface area (Å²) in [6.45, 7) is 7.81. The van der Waals surface area contributed by atoms with Gasteiger partial charge in [0, 0.05) is 20.6 Å². The molecule has 0 aromatic carbocycles. The molecule has 0 saturated heterocycles. The fourth-order valence-corrected chi connectivity index (χ4v) is 1.63. The van der Waals surface area contributed by atoms with Gasteiger partial charge in [0.2, 0.25) is 5.91 Å². The number of amides is 1. The molecule has 0 aromatic heterocycles. The zero-order valence-electron chi connectivity index (χ0n) is 12.2. The van der Waals surface area contributed by atoms with E-state index >= 15 is 0 Å². The largest absolute Gasteiger partial charge is 0.466 e. The molecule has 1 unspecified atom stereocenters. The fourth-order valence-electron chi connectivity index (χ4n) is 1.63. The van der Waals surface area contributed by atoms with Gasteiger partial charge in [0.15, 0.2) is 0 Å². The van der Waals surface area contributed by atoms with Crippen molar-refractivity contribution in [3.63, 3.8) is 0 Å². The normalized spacial score (nSPS) is 12.3. The lowest BCUT2D eigenvalue weighted by molar-refractivity contribution is -0.148. The van der Waals surface area contributed by atoms with Crippen molar-refractivity contribution in [3.05, 3.63) is 0 Å². The Balaban J connectivity index is 4.34. The van der Waals surface area contributed by atoms with Gasteiger partial charge in [-0.3, -0.25) is 14.5 Å². The number of esters is 1. The highest BCUT2D eigenvalue weighted by atomic mass is 16.5. The van der Waals surface area contributed by atoms with Crippen LogP contribution in [0.25, 0.3) is 0 Å². The van der Waals surface area contributed by atoms with Crippen LogP contribution >= 0.6 is 0 Å². The van der Waals surface area contributed by atoms with Crippen molar-refractivity contribution in [1.82, 2.24) is 9.80 Å². The Hall–Kier alpha value is -1.10. The van der Waals surface area contributed by atoms with Gasteiger partial charge in [0.05, 0.1) is 19.1 Å². The molecule has 0 aliphatic rings. The van der Waals surface area contributed by atoms with Crippen LogP contribution in [-0.4, -0.2) is 62.0 Å². The van der Waals surface area contributed by atoms with Crippen LogP contribution in [0.4, 0.5) is 0 Å². The smallest absolute Gasteiger partial charge is 0.309 e. The summed E-state index contributed by atoms with van der Waals surface area (Å²) in [7, 11) is 3.47. The highest BCUT2D eigenvalue weighted by molar-refractivity contribution is 5.77. The maximum Gasteiger partial charge on any atom is 0.309 e. The van der Waals surface area contributed by atoms with Crippen molar-refractivity contribution >= 4 is 11.9 Å². The third-order valence-corrected chi connectivity index (χ3v) is 2.62. The topological polar surface area (TPSA) is 49.9 Å². The molecule has 5 nitrogen and oxygen atoms in total. The molecule has 1 atom stereocenters. The van der Waals surface area contributed by atoms with Crippen LogP contribution < -0.4 is 0 Å². The number of nitrogens with zero attached hydrogens (tertiary/aromatic N) is 2. The van der Waals surface area contributed by atoms with Crippen LogP contribution in [0.1, 0.15) is 27.2 Å². The summed E-state index contributed by atoms with van der Waals surface area (Å²) in [6.07, 6.45) is 0.955. The summed E-state index contributed by atoms with van der Waals surface area (Å²) in [5.41, 5.74) is 0. The summed E-state index contributed by atoms with van der Waals surface area (Å²) < 4.78 is 4.97. The molecule has 0 spiro atoms. The van der Waals surface area contributed by atoms with Crippen LogP contribution in [0.3, 0.4) is 0 Å². The summed E-state index contributed by atoms with van der Waals surface area (Å²) >= 11 is 0. The Bertz CT molecular complexity index is 267. The lowest BCUT2D eigenvalue weighted by atomic mass is 10.1. The van der Waals surface area contributed by atoms with Gasteiger partial charge in [-0.2, -0.15) is 0 Å². The van der Waals surface area contributed by atoms with Crippen LogP contribution in [0, 0.1) is 5.92 Å². The molecular weight excluding hydrogens is 232 g/mol. The maximum atomic E-state index is 11.7. The van der Waals surface area contributed by atoms with E-state index in [4.69, 9.17) is 4.74 Å². The standard InChI is InChI=1S/C13H26N2O3/c1-6-8-15(10-12(16)14(4)5)9-11(3)13(17)18-7-2/h11H,6-10H2,1-5H3. The van der Waals surface area contributed by atoms with E-state index < -0.39 is 0 Å². The number of rotatable bonds is 8. The van der Waals surface area contributed by atoms with Gasteiger partial charge in [0.1, 0.15) is 0 Å². The minimum absolute atomic E-state index is 0.0551. The van der Waals surface area contributed by atoms with E-state index in [9.17, 15) is 9.59 Å². The molecule has 0 radical (unpaired) electrons. The number of carbonyl (C=O) groups excluding carboxylic acids is 2.